The Morgan fingerprint density at radius 1 is 1.25 bits per heavy atom. The Hall–Kier alpha value is -1.36. The summed E-state index contributed by atoms with van der Waals surface area (Å²) in [5, 5.41) is 2.81. The van der Waals surface area contributed by atoms with E-state index in [-0.39, 0.29) is 29.0 Å². The number of benzene rings is 1. The Kier molecular flexibility index (Phi) is 6.20. The third-order valence-electron chi connectivity index (χ3n) is 3.11. The standard InChI is InChI=1S/C15H23NO3S/c1-4-5-13(3)16-15(17)10-11-20(18,19)14-8-6-12(2)7-9-14/h6-9,13H,4-5,10-11H2,1-3H3,(H,16,17). The number of carbonyl (C=O) groups excluding carboxylic acids is 1. The Morgan fingerprint density at radius 2 is 1.85 bits per heavy atom. The van der Waals surface area contributed by atoms with Gasteiger partial charge in [0, 0.05) is 12.5 Å². The summed E-state index contributed by atoms with van der Waals surface area (Å²) in [6.07, 6.45) is 1.89. The van der Waals surface area contributed by atoms with Crippen LogP contribution in [0.25, 0.3) is 0 Å². The molecule has 1 atom stereocenters. The molecule has 1 unspecified atom stereocenters. The van der Waals surface area contributed by atoms with Crippen molar-refractivity contribution < 1.29 is 13.2 Å². The highest BCUT2D eigenvalue weighted by molar-refractivity contribution is 7.91. The van der Waals surface area contributed by atoms with Gasteiger partial charge in [-0.05, 0) is 32.4 Å². The smallest absolute Gasteiger partial charge is 0.221 e. The van der Waals surface area contributed by atoms with Crippen LogP contribution in [0.2, 0.25) is 0 Å². The van der Waals surface area contributed by atoms with Crippen LogP contribution in [0, 0.1) is 6.92 Å². The van der Waals surface area contributed by atoms with Gasteiger partial charge in [-0.2, -0.15) is 0 Å². The minimum absolute atomic E-state index is 0.00423. The van der Waals surface area contributed by atoms with Gasteiger partial charge in [0.15, 0.2) is 9.84 Å². The quantitative estimate of drug-likeness (QED) is 0.841. The molecule has 1 rings (SSSR count). The first kappa shape index (κ1) is 16.7. The van der Waals surface area contributed by atoms with Gasteiger partial charge in [-0.15, -0.1) is 0 Å². The first-order valence-corrected chi connectivity index (χ1v) is 8.59. The van der Waals surface area contributed by atoms with E-state index in [1.54, 1.807) is 24.3 Å². The summed E-state index contributed by atoms with van der Waals surface area (Å²) in [6.45, 7) is 5.87. The number of hydrogen-bond donors (Lipinski definition) is 1. The molecule has 1 aromatic carbocycles. The SMILES string of the molecule is CCCC(C)NC(=O)CCS(=O)(=O)c1ccc(C)cc1. The summed E-state index contributed by atoms with van der Waals surface area (Å²) >= 11 is 0. The van der Waals surface area contributed by atoms with Crippen LogP contribution in [0.15, 0.2) is 29.2 Å². The highest BCUT2D eigenvalue weighted by Crippen LogP contribution is 2.13. The summed E-state index contributed by atoms with van der Waals surface area (Å²) in [4.78, 5) is 12.0. The fraction of sp³-hybridized carbons (Fsp3) is 0.533. The number of hydrogen-bond acceptors (Lipinski definition) is 3. The number of rotatable bonds is 7. The normalized spacial score (nSPS) is 12.9. The lowest BCUT2D eigenvalue weighted by Gasteiger charge is -2.12. The molecule has 0 aliphatic rings. The minimum Gasteiger partial charge on any atom is -0.354 e. The van der Waals surface area contributed by atoms with Crippen LogP contribution in [-0.2, 0) is 14.6 Å². The Morgan fingerprint density at radius 3 is 2.40 bits per heavy atom. The van der Waals surface area contributed by atoms with Gasteiger partial charge in [0.1, 0.15) is 0 Å². The predicted octanol–water partition coefficient (Wildman–Crippen LogP) is 2.46. The topological polar surface area (TPSA) is 63.2 Å². The van der Waals surface area contributed by atoms with Crippen LogP contribution in [0.4, 0.5) is 0 Å². The molecule has 0 saturated carbocycles. The molecule has 0 aliphatic carbocycles. The first-order chi connectivity index (χ1) is 9.35. The molecule has 0 saturated heterocycles. The van der Waals surface area contributed by atoms with Crippen molar-refractivity contribution in [3.8, 4) is 0 Å². The molecule has 0 bridgehead atoms. The molecule has 0 aliphatic heterocycles. The van der Waals surface area contributed by atoms with Crippen LogP contribution in [-0.4, -0.2) is 26.1 Å². The minimum atomic E-state index is -3.38. The largest absolute Gasteiger partial charge is 0.354 e. The molecule has 0 aromatic heterocycles. The summed E-state index contributed by atoms with van der Waals surface area (Å²) in [7, 11) is -3.38. The molecule has 5 heteroatoms. The zero-order valence-electron chi connectivity index (χ0n) is 12.3. The maximum atomic E-state index is 12.1. The molecule has 1 aromatic rings. The fourth-order valence-corrected chi connectivity index (χ4v) is 3.18. The van der Waals surface area contributed by atoms with Crippen molar-refractivity contribution >= 4 is 15.7 Å². The maximum Gasteiger partial charge on any atom is 0.221 e. The number of sulfone groups is 1. The van der Waals surface area contributed by atoms with Crippen molar-refractivity contribution in [3.05, 3.63) is 29.8 Å². The highest BCUT2D eigenvalue weighted by atomic mass is 32.2. The van der Waals surface area contributed by atoms with E-state index < -0.39 is 9.84 Å². The molecule has 20 heavy (non-hydrogen) atoms. The molecular formula is C15H23NO3S. The number of carbonyl (C=O) groups is 1. The van der Waals surface area contributed by atoms with Gasteiger partial charge in [-0.25, -0.2) is 8.42 Å². The lowest BCUT2D eigenvalue weighted by Crippen LogP contribution is -2.33. The van der Waals surface area contributed by atoms with Gasteiger partial charge in [0.05, 0.1) is 10.6 Å². The second-order valence-corrected chi connectivity index (χ2v) is 7.25. The van der Waals surface area contributed by atoms with Crippen molar-refractivity contribution in [3.63, 3.8) is 0 Å². The molecule has 112 valence electrons. The lowest BCUT2D eigenvalue weighted by atomic mass is 10.2. The van der Waals surface area contributed by atoms with Crippen molar-refractivity contribution in [2.45, 2.75) is 51.0 Å². The fourth-order valence-electron chi connectivity index (χ4n) is 1.94. The van der Waals surface area contributed by atoms with E-state index in [4.69, 9.17) is 0 Å². The van der Waals surface area contributed by atoms with Gasteiger partial charge in [-0.1, -0.05) is 31.0 Å². The van der Waals surface area contributed by atoms with Crippen LogP contribution in [0.5, 0.6) is 0 Å². The summed E-state index contributed by atoms with van der Waals surface area (Å²) < 4.78 is 24.2. The third-order valence-corrected chi connectivity index (χ3v) is 4.84. The summed E-state index contributed by atoms with van der Waals surface area (Å²) in [5.41, 5.74) is 1.01. The van der Waals surface area contributed by atoms with Gasteiger partial charge in [0.2, 0.25) is 5.91 Å². The molecular weight excluding hydrogens is 274 g/mol. The van der Waals surface area contributed by atoms with E-state index in [0.29, 0.717) is 0 Å². The van der Waals surface area contributed by atoms with Crippen LogP contribution in [0.1, 0.15) is 38.7 Å². The van der Waals surface area contributed by atoms with E-state index in [1.165, 1.54) is 0 Å². The molecule has 0 heterocycles. The number of amides is 1. The zero-order valence-corrected chi connectivity index (χ0v) is 13.2. The first-order valence-electron chi connectivity index (χ1n) is 6.94. The van der Waals surface area contributed by atoms with Crippen molar-refractivity contribution in [1.29, 1.82) is 0 Å². The summed E-state index contributed by atoms with van der Waals surface area (Å²) in [5.74, 6) is -0.359. The summed E-state index contributed by atoms with van der Waals surface area (Å²) in [6, 6.07) is 6.78. The van der Waals surface area contributed by atoms with Gasteiger partial charge >= 0.3 is 0 Å². The molecule has 1 amide bonds. The second-order valence-electron chi connectivity index (χ2n) is 5.14. The van der Waals surface area contributed by atoms with E-state index >= 15 is 0 Å². The van der Waals surface area contributed by atoms with E-state index in [2.05, 4.69) is 5.32 Å². The predicted molar refractivity (Wildman–Crippen MR) is 80.4 cm³/mol. The van der Waals surface area contributed by atoms with Crippen molar-refractivity contribution in [2.24, 2.45) is 0 Å². The van der Waals surface area contributed by atoms with Crippen molar-refractivity contribution in [1.82, 2.24) is 5.32 Å². The molecule has 1 N–H and O–H groups in total. The van der Waals surface area contributed by atoms with Gasteiger partial charge in [-0.3, -0.25) is 4.79 Å². The monoisotopic (exact) mass is 297 g/mol. The van der Waals surface area contributed by atoms with Crippen molar-refractivity contribution in [2.75, 3.05) is 5.75 Å². The second kappa shape index (κ2) is 7.43. The van der Waals surface area contributed by atoms with Gasteiger partial charge < -0.3 is 5.32 Å². The Labute approximate surface area is 121 Å². The molecule has 0 fully saturated rings. The van der Waals surface area contributed by atoms with Crippen LogP contribution < -0.4 is 5.32 Å². The molecule has 4 nitrogen and oxygen atoms in total. The lowest BCUT2D eigenvalue weighted by molar-refractivity contribution is -0.121. The highest BCUT2D eigenvalue weighted by Gasteiger charge is 2.16. The Bertz CT molecular complexity index is 535. The third kappa shape index (κ3) is 5.33. The molecule has 0 spiro atoms. The number of nitrogens with one attached hydrogen (secondary N) is 1. The maximum absolute atomic E-state index is 12.1. The zero-order chi connectivity index (χ0) is 15.2. The molecule has 0 radical (unpaired) electrons. The van der Waals surface area contributed by atoms with Crippen LogP contribution in [0.3, 0.4) is 0 Å². The van der Waals surface area contributed by atoms with E-state index in [1.807, 2.05) is 20.8 Å². The van der Waals surface area contributed by atoms with E-state index in [9.17, 15) is 13.2 Å². The Balaban J connectivity index is 2.55. The average Bonchev–Trinajstić information content (AvgIpc) is 2.37. The van der Waals surface area contributed by atoms with Crippen LogP contribution >= 0.6 is 0 Å². The van der Waals surface area contributed by atoms with Gasteiger partial charge in [0.25, 0.3) is 0 Å². The average molecular weight is 297 g/mol. The van der Waals surface area contributed by atoms with E-state index in [0.717, 1.165) is 18.4 Å². The number of aryl methyl sites for hydroxylation is 1.